The highest BCUT2D eigenvalue weighted by Crippen LogP contribution is 2.18. The molecule has 4 rings (SSSR count). The lowest BCUT2D eigenvalue weighted by Gasteiger charge is -2.26. The van der Waals surface area contributed by atoms with E-state index in [1.807, 2.05) is 6.07 Å². The van der Waals surface area contributed by atoms with Crippen LogP contribution >= 0.6 is 0 Å². The Labute approximate surface area is 187 Å². The van der Waals surface area contributed by atoms with Crippen molar-refractivity contribution in [3.63, 3.8) is 0 Å². The molecule has 164 valence electrons. The van der Waals surface area contributed by atoms with Crippen LogP contribution in [0.4, 0.5) is 0 Å². The maximum absolute atomic E-state index is 5.45. The summed E-state index contributed by atoms with van der Waals surface area (Å²) in [5.74, 6) is 0.930. The Morgan fingerprint density at radius 2 is 1.77 bits per heavy atom. The molecule has 0 bridgehead atoms. The minimum atomic E-state index is 0.925. The molecule has 1 saturated heterocycles. The number of benzene rings is 2. The first-order chi connectivity index (χ1) is 15.2. The van der Waals surface area contributed by atoms with E-state index in [9.17, 15) is 0 Å². The normalized spacial score (nSPS) is 14.4. The van der Waals surface area contributed by atoms with Crippen molar-refractivity contribution in [1.82, 2.24) is 14.4 Å². The number of hydrogen-bond donors (Lipinski definition) is 0. The van der Waals surface area contributed by atoms with Crippen LogP contribution in [0.1, 0.15) is 35.2 Å². The van der Waals surface area contributed by atoms with E-state index < -0.39 is 0 Å². The van der Waals surface area contributed by atoms with Gasteiger partial charge >= 0.3 is 0 Å². The van der Waals surface area contributed by atoms with Crippen molar-refractivity contribution in [2.24, 2.45) is 0 Å². The molecule has 1 aliphatic rings. The number of rotatable bonds is 10. The van der Waals surface area contributed by atoms with Crippen molar-refractivity contribution in [3.05, 3.63) is 89.2 Å². The van der Waals surface area contributed by atoms with Gasteiger partial charge in [-0.2, -0.15) is 0 Å². The molecular formula is C27H35N3O. The molecule has 0 atom stereocenters. The van der Waals surface area contributed by atoms with E-state index in [2.05, 4.69) is 82.1 Å². The summed E-state index contributed by atoms with van der Waals surface area (Å²) >= 11 is 0. The van der Waals surface area contributed by atoms with Gasteiger partial charge in [-0.25, -0.2) is 0 Å². The van der Waals surface area contributed by atoms with Gasteiger partial charge in [-0.15, -0.1) is 0 Å². The van der Waals surface area contributed by atoms with Crippen LogP contribution < -0.4 is 4.74 Å². The standard InChI is InChI=1S/C27H35N3O/c1-23-9-3-4-11-25(23)21-30-16-8-12-26(30)22-29(18-17-28-14-5-6-15-28)20-24-10-7-13-27(19-24)31-2/h3-4,7-13,16,19H,5-6,14-15,17-18,20-22H2,1-2H3. The molecule has 0 amide bonds. The molecule has 1 fully saturated rings. The van der Waals surface area contributed by atoms with Crippen molar-refractivity contribution in [2.75, 3.05) is 33.3 Å². The summed E-state index contributed by atoms with van der Waals surface area (Å²) in [6, 6.07) is 21.6. The predicted octanol–water partition coefficient (Wildman–Crippen LogP) is 4.95. The van der Waals surface area contributed by atoms with Gasteiger partial charge in [0.15, 0.2) is 0 Å². The topological polar surface area (TPSA) is 20.6 Å². The van der Waals surface area contributed by atoms with Crippen LogP contribution in [0.5, 0.6) is 5.75 Å². The van der Waals surface area contributed by atoms with Gasteiger partial charge in [-0.1, -0.05) is 36.4 Å². The van der Waals surface area contributed by atoms with Crippen molar-refractivity contribution in [2.45, 2.75) is 39.4 Å². The second-order valence-corrected chi connectivity index (χ2v) is 8.66. The molecule has 2 heterocycles. The van der Waals surface area contributed by atoms with Crippen LogP contribution in [0.2, 0.25) is 0 Å². The highest BCUT2D eigenvalue weighted by molar-refractivity contribution is 5.29. The van der Waals surface area contributed by atoms with Crippen LogP contribution in [0.3, 0.4) is 0 Å². The molecule has 2 aromatic carbocycles. The number of hydrogen-bond acceptors (Lipinski definition) is 3. The minimum absolute atomic E-state index is 0.925. The fourth-order valence-corrected chi connectivity index (χ4v) is 4.48. The molecule has 0 unspecified atom stereocenters. The van der Waals surface area contributed by atoms with E-state index in [0.717, 1.165) is 38.5 Å². The first kappa shape index (κ1) is 21.7. The predicted molar refractivity (Wildman–Crippen MR) is 127 cm³/mol. The fraction of sp³-hybridized carbons (Fsp3) is 0.407. The van der Waals surface area contributed by atoms with Gasteiger partial charge in [0.1, 0.15) is 5.75 Å². The van der Waals surface area contributed by atoms with Crippen LogP contribution in [0.25, 0.3) is 0 Å². The van der Waals surface area contributed by atoms with Gasteiger partial charge < -0.3 is 14.2 Å². The Balaban J connectivity index is 1.48. The highest BCUT2D eigenvalue weighted by atomic mass is 16.5. The molecule has 31 heavy (non-hydrogen) atoms. The third-order valence-corrected chi connectivity index (χ3v) is 6.38. The number of nitrogens with zero attached hydrogens (tertiary/aromatic N) is 3. The zero-order valence-corrected chi connectivity index (χ0v) is 19.0. The average Bonchev–Trinajstić information content (AvgIpc) is 3.46. The summed E-state index contributed by atoms with van der Waals surface area (Å²) in [7, 11) is 1.74. The lowest BCUT2D eigenvalue weighted by atomic mass is 10.1. The largest absolute Gasteiger partial charge is 0.497 e. The Hall–Kier alpha value is -2.56. The molecule has 3 aromatic rings. The highest BCUT2D eigenvalue weighted by Gasteiger charge is 2.15. The molecule has 4 nitrogen and oxygen atoms in total. The molecule has 0 spiro atoms. The van der Waals surface area contributed by atoms with E-state index in [1.165, 1.54) is 48.3 Å². The zero-order chi connectivity index (χ0) is 21.5. The number of likely N-dealkylation sites (tertiary alicyclic amines) is 1. The molecule has 0 aliphatic carbocycles. The third-order valence-electron chi connectivity index (χ3n) is 6.38. The van der Waals surface area contributed by atoms with E-state index in [-0.39, 0.29) is 0 Å². The SMILES string of the molecule is COc1cccc(CN(CCN2CCCC2)Cc2cccn2Cc2ccccc2C)c1. The van der Waals surface area contributed by atoms with Crippen molar-refractivity contribution < 1.29 is 4.74 Å². The molecular weight excluding hydrogens is 382 g/mol. The van der Waals surface area contributed by atoms with Gasteiger partial charge in [0.05, 0.1) is 7.11 Å². The quantitative estimate of drug-likeness (QED) is 0.466. The summed E-state index contributed by atoms with van der Waals surface area (Å²) in [5, 5.41) is 0. The fourth-order valence-electron chi connectivity index (χ4n) is 4.48. The minimum Gasteiger partial charge on any atom is -0.497 e. The monoisotopic (exact) mass is 417 g/mol. The second-order valence-electron chi connectivity index (χ2n) is 8.66. The first-order valence-corrected chi connectivity index (χ1v) is 11.5. The summed E-state index contributed by atoms with van der Waals surface area (Å²) in [5.41, 5.74) is 5.41. The number of aryl methyl sites for hydroxylation is 1. The van der Waals surface area contributed by atoms with Crippen molar-refractivity contribution in [3.8, 4) is 5.75 Å². The number of aromatic nitrogens is 1. The molecule has 0 saturated carbocycles. The number of ether oxygens (including phenoxy) is 1. The number of methoxy groups -OCH3 is 1. The van der Waals surface area contributed by atoms with E-state index in [4.69, 9.17) is 4.74 Å². The van der Waals surface area contributed by atoms with Crippen molar-refractivity contribution >= 4 is 0 Å². The maximum atomic E-state index is 5.45. The van der Waals surface area contributed by atoms with Crippen LogP contribution in [0.15, 0.2) is 66.9 Å². The van der Waals surface area contributed by atoms with Gasteiger partial charge in [0.25, 0.3) is 0 Å². The Kier molecular flexibility index (Phi) is 7.44. The van der Waals surface area contributed by atoms with Gasteiger partial charge in [0, 0.05) is 44.6 Å². The summed E-state index contributed by atoms with van der Waals surface area (Å²) in [6.45, 7) is 9.71. The molecule has 1 aromatic heterocycles. The molecule has 0 N–H and O–H groups in total. The van der Waals surface area contributed by atoms with E-state index in [0.29, 0.717) is 0 Å². The zero-order valence-electron chi connectivity index (χ0n) is 19.0. The lowest BCUT2D eigenvalue weighted by Crippen LogP contribution is -2.33. The Bertz CT molecular complexity index is 958. The Morgan fingerprint density at radius 3 is 2.58 bits per heavy atom. The smallest absolute Gasteiger partial charge is 0.119 e. The van der Waals surface area contributed by atoms with Crippen LogP contribution in [-0.4, -0.2) is 47.7 Å². The second kappa shape index (κ2) is 10.7. The van der Waals surface area contributed by atoms with Crippen LogP contribution in [0, 0.1) is 6.92 Å². The van der Waals surface area contributed by atoms with E-state index >= 15 is 0 Å². The molecule has 0 radical (unpaired) electrons. The molecule has 4 heteroatoms. The first-order valence-electron chi connectivity index (χ1n) is 11.5. The van der Waals surface area contributed by atoms with Gasteiger partial charge in [-0.3, -0.25) is 4.90 Å². The maximum Gasteiger partial charge on any atom is 0.119 e. The van der Waals surface area contributed by atoms with E-state index in [1.54, 1.807) is 7.11 Å². The van der Waals surface area contributed by atoms with Crippen LogP contribution in [-0.2, 0) is 19.6 Å². The Morgan fingerprint density at radius 1 is 0.935 bits per heavy atom. The molecule has 1 aliphatic heterocycles. The summed E-state index contributed by atoms with van der Waals surface area (Å²) < 4.78 is 7.85. The van der Waals surface area contributed by atoms with Gasteiger partial charge in [0.2, 0.25) is 0 Å². The lowest BCUT2D eigenvalue weighted by molar-refractivity contribution is 0.208. The summed E-state index contributed by atoms with van der Waals surface area (Å²) in [4.78, 5) is 5.18. The third kappa shape index (κ3) is 5.99. The van der Waals surface area contributed by atoms with Crippen molar-refractivity contribution in [1.29, 1.82) is 0 Å². The van der Waals surface area contributed by atoms with Gasteiger partial charge in [-0.05, 0) is 73.8 Å². The summed E-state index contributed by atoms with van der Waals surface area (Å²) in [6.07, 6.45) is 4.90. The average molecular weight is 418 g/mol.